The van der Waals surface area contributed by atoms with Crippen molar-refractivity contribution in [3.8, 4) is 0 Å². The second-order valence-corrected chi connectivity index (χ2v) is 1.81. The van der Waals surface area contributed by atoms with Crippen molar-refractivity contribution in [3.05, 3.63) is 36.4 Å². The highest BCUT2D eigenvalue weighted by atomic mass is 16.5. The molecule has 0 aliphatic rings. The average Bonchev–Trinajstić information content (AvgIpc) is 2.24. The highest BCUT2D eigenvalue weighted by molar-refractivity contribution is 5.36. The first kappa shape index (κ1) is 14.7. The molecular weight excluding hydrogens is 184 g/mol. The van der Waals surface area contributed by atoms with Gasteiger partial charge in [0.2, 0.25) is 0 Å². The van der Waals surface area contributed by atoms with Gasteiger partial charge >= 0.3 is 0 Å². The number of carboxylic acid groups (broad SMARTS) is 1. The van der Waals surface area contributed by atoms with Gasteiger partial charge in [0, 0.05) is 0 Å². The molecule has 0 saturated carbocycles. The Balaban J connectivity index is 0. The summed E-state index contributed by atoms with van der Waals surface area (Å²) in [6, 6.07) is 12.0. The summed E-state index contributed by atoms with van der Waals surface area (Å²) in [5.41, 5.74) is 0. The van der Waals surface area contributed by atoms with Crippen LogP contribution in [0.4, 0.5) is 0 Å². The summed E-state index contributed by atoms with van der Waals surface area (Å²) in [4.78, 5) is 17.5. The predicted octanol–water partition coefficient (Wildman–Crippen LogP) is 1.57. The van der Waals surface area contributed by atoms with E-state index in [9.17, 15) is 4.79 Å². The molecule has 4 nitrogen and oxygen atoms in total. The Morgan fingerprint density at radius 2 is 1.36 bits per heavy atom. The van der Waals surface area contributed by atoms with Crippen LogP contribution >= 0.6 is 0 Å². The monoisotopic (exact) mass is 198 g/mol. The van der Waals surface area contributed by atoms with E-state index in [-0.39, 0.29) is 6.47 Å². The Labute approximate surface area is 83.1 Å². The molecule has 78 valence electrons. The van der Waals surface area contributed by atoms with Gasteiger partial charge in [0.25, 0.3) is 12.9 Å². The van der Waals surface area contributed by atoms with Gasteiger partial charge in [0.15, 0.2) is 0 Å². The zero-order valence-corrected chi connectivity index (χ0v) is 8.00. The molecule has 0 aliphatic heterocycles. The lowest BCUT2D eigenvalue weighted by atomic mass is 10.4. The van der Waals surface area contributed by atoms with E-state index < -0.39 is 0 Å². The van der Waals surface area contributed by atoms with E-state index in [0.717, 1.165) is 0 Å². The number of carbonyl (C=O) groups excluding carboxylic acids is 1. The molecule has 0 fully saturated rings. The fraction of sp³-hybridized carbons (Fsp3) is 0.200. The summed E-state index contributed by atoms with van der Waals surface area (Å²) < 4.78 is 4.15. The smallest absolute Gasteiger partial charge is 0.293 e. The van der Waals surface area contributed by atoms with Crippen LogP contribution < -0.4 is 0 Å². The maximum Gasteiger partial charge on any atom is 0.293 e. The topological polar surface area (TPSA) is 63.6 Å². The van der Waals surface area contributed by atoms with Crippen LogP contribution in [-0.4, -0.2) is 24.7 Å². The zero-order chi connectivity index (χ0) is 11.1. The van der Waals surface area contributed by atoms with E-state index in [1.54, 1.807) is 6.92 Å². The molecule has 0 atom stereocenters. The quantitative estimate of drug-likeness (QED) is 0.732. The first-order valence-electron chi connectivity index (χ1n) is 3.96. The molecule has 0 unspecified atom stereocenters. The second-order valence-electron chi connectivity index (χ2n) is 1.81. The van der Waals surface area contributed by atoms with Gasteiger partial charge in [-0.1, -0.05) is 36.4 Å². The van der Waals surface area contributed by atoms with Gasteiger partial charge in [-0.2, -0.15) is 0 Å². The van der Waals surface area contributed by atoms with Crippen LogP contribution in [0.1, 0.15) is 6.92 Å². The van der Waals surface area contributed by atoms with E-state index in [0.29, 0.717) is 13.1 Å². The first-order valence-corrected chi connectivity index (χ1v) is 3.96. The molecule has 1 aromatic carbocycles. The van der Waals surface area contributed by atoms with E-state index in [1.165, 1.54) is 0 Å². The van der Waals surface area contributed by atoms with E-state index >= 15 is 0 Å². The van der Waals surface area contributed by atoms with Crippen LogP contribution in [-0.2, 0) is 14.3 Å². The molecule has 1 aromatic rings. The van der Waals surface area contributed by atoms with Crippen molar-refractivity contribution in [2.24, 2.45) is 0 Å². The molecule has 1 N–H and O–H groups in total. The van der Waals surface area contributed by atoms with Crippen molar-refractivity contribution >= 4 is 12.9 Å². The van der Waals surface area contributed by atoms with Crippen molar-refractivity contribution < 1.29 is 19.4 Å². The van der Waals surface area contributed by atoms with Crippen LogP contribution in [0.2, 0.25) is 0 Å². The Morgan fingerprint density at radius 3 is 1.43 bits per heavy atom. The fourth-order valence-electron chi connectivity index (χ4n) is 0.453. The second kappa shape index (κ2) is 17.3. The Morgan fingerprint density at radius 1 is 1.07 bits per heavy atom. The zero-order valence-electron chi connectivity index (χ0n) is 8.00. The molecule has 0 saturated heterocycles. The molecule has 0 aliphatic carbocycles. The number of hydrogen-bond acceptors (Lipinski definition) is 3. The lowest BCUT2D eigenvalue weighted by Crippen LogP contribution is -1.80. The SMILES string of the molecule is CCOC=O.O=CO.c1ccccc1. The third-order valence-electron chi connectivity index (χ3n) is 0.901. The first-order chi connectivity index (χ1) is 6.83. The summed E-state index contributed by atoms with van der Waals surface area (Å²) in [7, 11) is 0. The molecule has 0 aromatic heterocycles. The number of carbonyl (C=O) groups is 2. The normalized spacial score (nSPS) is 6.64. The van der Waals surface area contributed by atoms with Crippen molar-refractivity contribution in [2.75, 3.05) is 6.61 Å². The molecule has 0 amide bonds. The maximum atomic E-state index is 9.18. The largest absolute Gasteiger partial charge is 0.483 e. The van der Waals surface area contributed by atoms with Crippen molar-refractivity contribution in [1.29, 1.82) is 0 Å². The summed E-state index contributed by atoms with van der Waals surface area (Å²) in [5, 5.41) is 6.89. The number of ether oxygens (including phenoxy) is 1. The van der Waals surface area contributed by atoms with E-state index in [2.05, 4.69) is 4.74 Å². The van der Waals surface area contributed by atoms with Gasteiger partial charge < -0.3 is 9.84 Å². The Kier molecular flexibility index (Phi) is 18.1. The van der Waals surface area contributed by atoms with Gasteiger partial charge in [-0.25, -0.2) is 0 Å². The summed E-state index contributed by atoms with van der Waals surface area (Å²) >= 11 is 0. The van der Waals surface area contributed by atoms with Crippen molar-refractivity contribution in [3.63, 3.8) is 0 Å². The molecule has 14 heavy (non-hydrogen) atoms. The van der Waals surface area contributed by atoms with Crippen LogP contribution in [0.3, 0.4) is 0 Å². The van der Waals surface area contributed by atoms with Gasteiger partial charge in [-0.15, -0.1) is 0 Å². The van der Waals surface area contributed by atoms with Gasteiger partial charge in [0.1, 0.15) is 0 Å². The van der Waals surface area contributed by atoms with Crippen LogP contribution in [0.15, 0.2) is 36.4 Å². The highest BCUT2D eigenvalue weighted by Gasteiger charge is 1.60. The molecule has 1 rings (SSSR count). The lowest BCUT2D eigenvalue weighted by Gasteiger charge is -1.79. The Bertz CT molecular complexity index is 172. The minimum atomic E-state index is -0.250. The maximum absolute atomic E-state index is 9.18. The molecule has 0 spiro atoms. The van der Waals surface area contributed by atoms with Crippen LogP contribution in [0.5, 0.6) is 0 Å². The molecule has 0 heterocycles. The average molecular weight is 198 g/mol. The summed E-state index contributed by atoms with van der Waals surface area (Å²) in [6.07, 6.45) is 0. The summed E-state index contributed by atoms with van der Waals surface area (Å²) in [5.74, 6) is 0. The van der Waals surface area contributed by atoms with Gasteiger partial charge in [-0.05, 0) is 6.92 Å². The van der Waals surface area contributed by atoms with Crippen molar-refractivity contribution in [1.82, 2.24) is 0 Å². The highest BCUT2D eigenvalue weighted by Crippen LogP contribution is 1.79. The molecule has 4 heteroatoms. The van der Waals surface area contributed by atoms with Gasteiger partial charge in [-0.3, -0.25) is 9.59 Å². The lowest BCUT2D eigenvalue weighted by molar-refractivity contribution is -0.128. The van der Waals surface area contributed by atoms with E-state index in [4.69, 9.17) is 9.90 Å². The molecule has 0 bridgehead atoms. The van der Waals surface area contributed by atoms with Crippen LogP contribution in [0, 0.1) is 0 Å². The predicted molar refractivity (Wildman–Crippen MR) is 52.8 cm³/mol. The standard InChI is InChI=1S/C6H6.C3H6O2.CH2O2/c1-2-4-6-5-3-1;1-2-5-3-4;2-1-3/h1-6H;3H,2H2,1H3;1H,(H,2,3). The number of hydrogen-bond donors (Lipinski definition) is 1. The van der Waals surface area contributed by atoms with Gasteiger partial charge in [0.05, 0.1) is 6.61 Å². The minimum absolute atomic E-state index is 0.250. The number of rotatable bonds is 2. The van der Waals surface area contributed by atoms with Crippen LogP contribution in [0.25, 0.3) is 0 Å². The third kappa shape index (κ3) is 22.5. The fourth-order valence-corrected chi connectivity index (χ4v) is 0.453. The van der Waals surface area contributed by atoms with E-state index in [1.807, 2.05) is 36.4 Å². The Hall–Kier alpha value is -1.84. The third-order valence-corrected chi connectivity index (χ3v) is 0.901. The number of benzene rings is 1. The summed E-state index contributed by atoms with van der Waals surface area (Å²) in [6.45, 7) is 2.41. The molecular formula is C10H14O4. The van der Waals surface area contributed by atoms with Crippen molar-refractivity contribution in [2.45, 2.75) is 6.92 Å². The minimum Gasteiger partial charge on any atom is -0.483 e. The molecule has 0 radical (unpaired) electrons.